The Morgan fingerprint density at radius 3 is 2.88 bits per heavy atom. The number of hydrogen-bond acceptors (Lipinski definition) is 4. The molecular weight excluding hydrogens is 321 g/mol. The molecule has 0 unspecified atom stereocenters. The highest BCUT2D eigenvalue weighted by Gasteiger charge is 2.36. The maximum Gasteiger partial charge on any atom is 0.256 e. The van der Waals surface area contributed by atoms with Gasteiger partial charge in [0.1, 0.15) is 5.82 Å². The molecule has 128 valence electrons. The van der Waals surface area contributed by atoms with Crippen molar-refractivity contribution in [3.63, 3.8) is 0 Å². The molecule has 1 aromatic carbocycles. The Hall–Kier alpha value is -2.80. The average Bonchev–Trinajstić information content (AvgIpc) is 3.18. The minimum atomic E-state index is -0.307. The van der Waals surface area contributed by atoms with Crippen LogP contribution in [0.3, 0.4) is 0 Å². The van der Waals surface area contributed by atoms with Gasteiger partial charge in [0.2, 0.25) is 0 Å². The van der Waals surface area contributed by atoms with Crippen LogP contribution in [0.25, 0.3) is 11.0 Å². The van der Waals surface area contributed by atoms with Crippen LogP contribution in [0.5, 0.6) is 0 Å². The number of H-pyrrole nitrogens is 1. The summed E-state index contributed by atoms with van der Waals surface area (Å²) < 4.78 is 13.2. The molecule has 1 aliphatic heterocycles. The third kappa shape index (κ3) is 2.66. The molecule has 7 heteroatoms. The molecule has 25 heavy (non-hydrogen) atoms. The van der Waals surface area contributed by atoms with Gasteiger partial charge in [-0.15, -0.1) is 0 Å². The van der Waals surface area contributed by atoms with Crippen molar-refractivity contribution in [1.82, 2.24) is 20.1 Å². The first-order valence-electron chi connectivity index (χ1n) is 8.17. The van der Waals surface area contributed by atoms with Crippen LogP contribution in [-0.4, -0.2) is 38.6 Å². The maximum absolute atomic E-state index is 13.2. The molecule has 6 nitrogen and oxygen atoms in total. The van der Waals surface area contributed by atoms with Crippen LogP contribution in [0.4, 0.5) is 4.39 Å². The molecule has 2 aromatic heterocycles. The van der Waals surface area contributed by atoms with E-state index >= 15 is 0 Å². The van der Waals surface area contributed by atoms with Crippen LogP contribution in [0.15, 0.2) is 36.5 Å². The van der Waals surface area contributed by atoms with Crippen molar-refractivity contribution in [1.29, 1.82) is 0 Å². The number of fused-ring (bicyclic) bond motifs is 1. The lowest BCUT2D eigenvalue weighted by atomic mass is 10.0. The Morgan fingerprint density at radius 2 is 2.12 bits per heavy atom. The van der Waals surface area contributed by atoms with E-state index in [-0.39, 0.29) is 23.8 Å². The number of likely N-dealkylation sites (tertiary alicyclic amines) is 1. The number of benzene rings is 1. The summed E-state index contributed by atoms with van der Waals surface area (Å²) in [5, 5.41) is 7.76. The number of pyridine rings is 1. The van der Waals surface area contributed by atoms with Gasteiger partial charge >= 0.3 is 0 Å². The van der Waals surface area contributed by atoms with Gasteiger partial charge < -0.3 is 10.6 Å². The minimum Gasteiger partial charge on any atom is -0.330 e. The largest absolute Gasteiger partial charge is 0.330 e. The number of aryl methyl sites for hydroxylation is 1. The molecule has 4 rings (SSSR count). The molecular formula is C18H18FN5O. The Labute approximate surface area is 143 Å². The first kappa shape index (κ1) is 15.7. The van der Waals surface area contributed by atoms with Crippen molar-refractivity contribution in [2.45, 2.75) is 25.4 Å². The topological polar surface area (TPSA) is 87.9 Å². The van der Waals surface area contributed by atoms with Crippen molar-refractivity contribution in [3.8, 4) is 0 Å². The van der Waals surface area contributed by atoms with Gasteiger partial charge in [0.05, 0.1) is 17.3 Å². The zero-order valence-corrected chi connectivity index (χ0v) is 13.7. The zero-order valence-electron chi connectivity index (χ0n) is 13.7. The van der Waals surface area contributed by atoms with Gasteiger partial charge in [-0.25, -0.2) is 9.37 Å². The standard InChI is InChI=1S/C18H18FN5O/c1-10-14-8-12(9-21-17(14)23-22-10)18(25)24-7-6-15(20)16(24)11-2-4-13(19)5-3-11/h2-5,8-9,15-16H,6-7,20H2,1H3,(H,21,22,23)/t15-,16-/m1/s1. The van der Waals surface area contributed by atoms with Gasteiger partial charge in [-0.3, -0.25) is 9.89 Å². The second kappa shape index (κ2) is 5.93. The highest BCUT2D eigenvalue weighted by Crippen LogP contribution is 2.32. The number of carbonyl (C=O) groups is 1. The number of hydrogen-bond donors (Lipinski definition) is 2. The van der Waals surface area contributed by atoms with E-state index in [4.69, 9.17) is 5.73 Å². The second-order valence-corrected chi connectivity index (χ2v) is 6.38. The number of rotatable bonds is 2. The van der Waals surface area contributed by atoms with Gasteiger partial charge in [-0.2, -0.15) is 5.10 Å². The number of nitrogens with two attached hydrogens (primary N) is 1. The van der Waals surface area contributed by atoms with E-state index < -0.39 is 0 Å². The van der Waals surface area contributed by atoms with Crippen LogP contribution in [-0.2, 0) is 0 Å². The summed E-state index contributed by atoms with van der Waals surface area (Å²) in [5.41, 5.74) is 9.03. The van der Waals surface area contributed by atoms with Gasteiger partial charge in [0, 0.05) is 24.2 Å². The van der Waals surface area contributed by atoms with Crippen LogP contribution in [0.1, 0.15) is 34.1 Å². The summed E-state index contributed by atoms with van der Waals surface area (Å²) >= 11 is 0. The lowest BCUT2D eigenvalue weighted by Gasteiger charge is -2.27. The molecule has 3 heterocycles. The number of nitrogens with zero attached hydrogens (tertiary/aromatic N) is 3. The van der Waals surface area contributed by atoms with Gasteiger partial charge in [0.25, 0.3) is 5.91 Å². The Kier molecular flexibility index (Phi) is 3.73. The van der Waals surface area contributed by atoms with E-state index in [0.29, 0.717) is 24.2 Å². The lowest BCUT2D eigenvalue weighted by Crippen LogP contribution is -2.36. The van der Waals surface area contributed by atoms with Crippen LogP contribution >= 0.6 is 0 Å². The van der Waals surface area contributed by atoms with Crippen LogP contribution in [0.2, 0.25) is 0 Å². The van der Waals surface area contributed by atoms with Gasteiger partial charge in [0.15, 0.2) is 5.65 Å². The lowest BCUT2D eigenvalue weighted by molar-refractivity contribution is 0.0729. The maximum atomic E-state index is 13.2. The molecule has 0 aliphatic carbocycles. The highest BCUT2D eigenvalue weighted by atomic mass is 19.1. The Morgan fingerprint density at radius 1 is 1.36 bits per heavy atom. The molecule has 3 aromatic rings. The SMILES string of the molecule is Cc1n[nH]c2ncc(C(=O)N3CC[C@@H](N)[C@H]3c3ccc(F)cc3)cc12. The first-order valence-corrected chi connectivity index (χ1v) is 8.17. The van der Waals surface area contributed by atoms with Crippen molar-refractivity contribution >= 4 is 16.9 Å². The number of carbonyl (C=O) groups excluding carboxylic acids is 1. The number of aromatic amines is 1. The summed E-state index contributed by atoms with van der Waals surface area (Å²) in [5.74, 6) is -0.435. The Bertz CT molecular complexity index is 936. The minimum absolute atomic E-state index is 0.128. The number of aromatic nitrogens is 3. The number of halogens is 1. The third-order valence-electron chi connectivity index (χ3n) is 4.77. The monoisotopic (exact) mass is 339 g/mol. The van der Waals surface area contributed by atoms with Crippen LogP contribution < -0.4 is 5.73 Å². The normalized spacial score (nSPS) is 20.4. The van der Waals surface area contributed by atoms with E-state index in [1.54, 1.807) is 29.3 Å². The average molecular weight is 339 g/mol. The molecule has 0 spiro atoms. The summed E-state index contributed by atoms with van der Waals surface area (Å²) in [6, 6.07) is 7.52. The molecule has 2 atom stereocenters. The summed E-state index contributed by atoms with van der Waals surface area (Å²) in [4.78, 5) is 19.1. The smallest absolute Gasteiger partial charge is 0.256 e. The fourth-order valence-corrected chi connectivity index (χ4v) is 3.44. The van der Waals surface area contributed by atoms with E-state index in [1.807, 2.05) is 6.92 Å². The van der Waals surface area contributed by atoms with Gasteiger partial charge in [-0.1, -0.05) is 12.1 Å². The quantitative estimate of drug-likeness (QED) is 0.750. The fraction of sp³-hybridized carbons (Fsp3) is 0.278. The predicted octanol–water partition coefficient (Wildman–Crippen LogP) is 2.32. The predicted molar refractivity (Wildman–Crippen MR) is 91.4 cm³/mol. The van der Waals surface area contributed by atoms with Crippen molar-refractivity contribution in [3.05, 3.63) is 59.2 Å². The van der Waals surface area contributed by atoms with E-state index in [0.717, 1.165) is 16.6 Å². The van der Waals surface area contributed by atoms with Crippen LogP contribution in [0, 0.1) is 12.7 Å². The second-order valence-electron chi connectivity index (χ2n) is 6.38. The van der Waals surface area contributed by atoms with Crippen molar-refractivity contribution in [2.75, 3.05) is 6.54 Å². The van der Waals surface area contributed by atoms with E-state index in [9.17, 15) is 9.18 Å². The molecule has 1 aliphatic rings. The number of amides is 1. The zero-order chi connectivity index (χ0) is 17.6. The summed E-state index contributed by atoms with van der Waals surface area (Å²) in [6.07, 6.45) is 2.25. The van der Waals surface area contributed by atoms with Crippen molar-refractivity contribution in [2.24, 2.45) is 5.73 Å². The van der Waals surface area contributed by atoms with E-state index in [1.165, 1.54) is 12.1 Å². The summed E-state index contributed by atoms with van der Waals surface area (Å²) in [7, 11) is 0. The van der Waals surface area contributed by atoms with E-state index in [2.05, 4.69) is 15.2 Å². The molecule has 1 amide bonds. The third-order valence-corrected chi connectivity index (χ3v) is 4.77. The molecule has 0 saturated carbocycles. The number of nitrogens with one attached hydrogen (secondary N) is 1. The molecule has 0 bridgehead atoms. The fourth-order valence-electron chi connectivity index (χ4n) is 3.44. The Balaban J connectivity index is 1.69. The molecule has 3 N–H and O–H groups in total. The molecule has 0 radical (unpaired) electrons. The highest BCUT2D eigenvalue weighted by molar-refractivity contribution is 5.97. The molecule has 1 fully saturated rings. The van der Waals surface area contributed by atoms with Crippen molar-refractivity contribution < 1.29 is 9.18 Å². The van der Waals surface area contributed by atoms with Gasteiger partial charge in [-0.05, 0) is 37.1 Å². The first-order chi connectivity index (χ1) is 12.0. The summed E-state index contributed by atoms with van der Waals surface area (Å²) in [6.45, 7) is 2.42. The molecule has 1 saturated heterocycles.